The first-order valence-corrected chi connectivity index (χ1v) is 6.20. The molecule has 1 amide bonds. The molecule has 0 aliphatic rings. The molecule has 0 aliphatic carbocycles. The first kappa shape index (κ1) is 13.6. The van der Waals surface area contributed by atoms with Crippen molar-refractivity contribution in [2.24, 2.45) is 14.1 Å². The molecule has 7 heteroatoms. The summed E-state index contributed by atoms with van der Waals surface area (Å²) in [6.07, 6.45) is 3.51. The van der Waals surface area contributed by atoms with Gasteiger partial charge in [0.1, 0.15) is 0 Å². The van der Waals surface area contributed by atoms with Gasteiger partial charge in [0.2, 0.25) is 0 Å². The molecule has 0 spiro atoms. The van der Waals surface area contributed by atoms with E-state index in [4.69, 9.17) is 11.6 Å². The van der Waals surface area contributed by atoms with Crippen LogP contribution in [0.15, 0.2) is 12.4 Å². The molecule has 102 valence electrons. The highest BCUT2D eigenvalue weighted by Crippen LogP contribution is 2.16. The van der Waals surface area contributed by atoms with Gasteiger partial charge in [-0.3, -0.25) is 14.2 Å². The van der Waals surface area contributed by atoms with Gasteiger partial charge in [-0.1, -0.05) is 11.6 Å². The number of carbonyl (C=O) groups is 1. The molecule has 2 rings (SSSR count). The van der Waals surface area contributed by atoms with Crippen LogP contribution in [0.5, 0.6) is 0 Å². The van der Waals surface area contributed by atoms with Crippen LogP contribution in [0.4, 0.5) is 0 Å². The molecule has 2 heterocycles. The molecule has 0 atom stereocenters. The summed E-state index contributed by atoms with van der Waals surface area (Å²) in [6, 6.07) is 0. The Bertz CT molecular complexity index is 616. The summed E-state index contributed by atoms with van der Waals surface area (Å²) in [7, 11) is 5.31. The normalized spacial score (nSPS) is 10.8. The summed E-state index contributed by atoms with van der Waals surface area (Å²) in [4.78, 5) is 13.8. The van der Waals surface area contributed by atoms with Crippen LogP contribution in [0, 0.1) is 6.92 Å². The van der Waals surface area contributed by atoms with Crippen molar-refractivity contribution in [1.29, 1.82) is 0 Å². The molecule has 19 heavy (non-hydrogen) atoms. The summed E-state index contributed by atoms with van der Waals surface area (Å²) >= 11 is 5.98. The van der Waals surface area contributed by atoms with E-state index in [9.17, 15) is 4.79 Å². The van der Waals surface area contributed by atoms with Crippen LogP contribution in [-0.4, -0.2) is 37.4 Å². The van der Waals surface area contributed by atoms with Crippen molar-refractivity contribution in [3.8, 4) is 0 Å². The van der Waals surface area contributed by atoms with Crippen LogP contribution >= 0.6 is 11.6 Å². The SMILES string of the molecule is Cc1nn(C)cc1CN(C)C(=O)c1nn(C)cc1Cl. The van der Waals surface area contributed by atoms with Gasteiger partial charge in [0, 0.05) is 45.6 Å². The topological polar surface area (TPSA) is 56.0 Å². The Kier molecular flexibility index (Phi) is 3.61. The number of hydrogen-bond donors (Lipinski definition) is 0. The summed E-state index contributed by atoms with van der Waals surface area (Å²) in [5.41, 5.74) is 2.19. The first-order valence-electron chi connectivity index (χ1n) is 5.82. The predicted octanol–water partition coefficient (Wildman–Crippen LogP) is 1.39. The van der Waals surface area contributed by atoms with E-state index < -0.39 is 0 Å². The van der Waals surface area contributed by atoms with Crippen molar-refractivity contribution in [1.82, 2.24) is 24.5 Å². The van der Waals surface area contributed by atoms with Crippen LogP contribution in [-0.2, 0) is 20.6 Å². The maximum Gasteiger partial charge on any atom is 0.275 e. The maximum absolute atomic E-state index is 12.2. The predicted molar refractivity (Wildman–Crippen MR) is 72.0 cm³/mol. The Morgan fingerprint density at radius 1 is 1.32 bits per heavy atom. The zero-order chi connectivity index (χ0) is 14.2. The van der Waals surface area contributed by atoms with Gasteiger partial charge in [-0.2, -0.15) is 10.2 Å². The van der Waals surface area contributed by atoms with Crippen LogP contribution in [0.25, 0.3) is 0 Å². The average molecular weight is 282 g/mol. The monoisotopic (exact) mass is 281 g/mol. The molecule has 0 N–H and O–H groups in total. The van der Waals surface area contributed by atoms with Gasteiger partial charge in [0.25, 0.3) is 5.91 Å². The molecule has 0 aliphatic heterocycles. The zero-order valence-corrected chi connectivity index (χ0v) is 12.1. The highest BCUT2D eigenvalue weighted by Gasteiger charge is 2.20. The van der Waals surface area contributed by atoms with E-state index in [0.717, 1.165) is 11.3 Å². The van der Waals surface area contributed by atoms with E-state index in [2.05, 4.69) is 10.2 Å². The van der Waals surface area contributed by atoms with Crippen molar-refractivity contribution in [2.75, 3.05) is 7.05 Å². The first-order chi connectivity index (χ1) is 8.88. The summed E-state index contributed by atoms with van der Waals surface area (Å²) in [6.45, 7) is 2.40. The van der Waals surface area contributed by atoms with Gasteiger partial charge in [-0.25, -0.2) is 0 Å². The highest BCUT2D eigenvalue weighted by atomic mass is 35.5. The van der Waals surface area contributed by atoms with Crippen molar-refractivity contribution < 1.29 is 4.79 Å². The highest BCUT2D eigenvalue weighted by molar-refractivity contribution is 6.33. The van der Waals surface area contributed by atoms with Crippen molar-refractivity contribution >= 4 is 17.5 Å². The second kappa shape index (κ2) is 5.05. The lowest BCUT2D eigenvalue weighted by molar-refractivity contribution is 0.0778. The number of nitrogens with zero attached hydrogens (tertiary/aromatic N) is 5. The quantitative estimate of drug-likeness (QED) is 0.854. The van der Waals surface area contributed by atoms with Crippen LogP contribution in [0.2, 0.25) is 5.02 Å². The number of aromatic nitrogens is 4. The van der Waals surface area contributed by atoms with E-state index >= 15 is 0 Å². The van der Waals surface area contributed by atoms with Gasteiger partial charge in [0.05, 0.1) is 10.7 Å². The van der Waals surface area contributed by atoms with Gasteiger partial charge in [-0.05, 0) is 6.92 Å². The second-order valence-electron chi connectivity index (χ2n) is 4.57. The Balaban J connectivity index is 2.16. The number of halogens is 1. The maximum atomic E-state index is 12.2. The van der Waals surface area contributed by atoms with Crippen LogP contribution in [0.3, 0.4) is 0 Å². The molecule has 6 nitrogen and oxygen atoms in total. The molecular formula is C12H16ClN5O. The molecular weight excluding hydrogens is 266 g/mol. The van der Waals surface area contributed by atoms with Gasteiger partial charge >= 0.3 is 0 Å². The smallest absolute Gasteiger partial charge is 0.275 e. The van der Waals surface area contributed by atoms with E-state index in [1.54, 1.807) is 29.9 Å². The van der Waals surface area contributed by atoms with Gasteiger partial charge < -0.3 is 4.90 Å². The zero-order valence-electron chi connectivity index (χ0n) is 11.4. The third kappa shape index (κ3) is 2.78. The largest absolute Gasteiger partial charge is 0.336 e. The van der Waals surface area contributed by atoms with E-state index in [1.165, 1.54) is 4.68 Å². The third-order valence-corrected chi connectivity index (χ3v) is 3.13. The van der Waals surface area contributed by atoms with E-state index in [1.807, 2.05) is 20.2 Å². The minimum atomic E-state index is -0.200. The second-order valence-corrected chi connectivity index (χ2v) is 4.98. The Hall–Kier alpha value is -1.82. The Labute approximate surface area is 116 Å². The minimum absolute atomic E-state index is 0.200. The lowest BCUT2D eigenvalue weighted by atomic mass is 10.2. The number of aryl methyl sites for hydroxylation is 3. The Morgan fingerprint density at radius 3 is 2.42 bits per heavy atom. The molecule has 0 aromatic carbocycles. The lowest BCUT2D eigenvalue weighted by Gasteiger charge is -2.15. The van der Waals surface area contributed by atoms with Crippen molar-refractivity contribution in [3.63, 3.8) is 0 Å². The fourth-order valence-electron chi connectivity index (χ4n) is 1.92. The lowest BCUT2D eigenvalue weighted by Crippen LogP contribution is -2.27. The molecule has 2 aromatic heterocycles. The summed E-state index contributed by atoms with van der Waals surface area (Å²) in [5, 5.41) is 8.69. The van der Waals surface area contributed by atoms with E-state index in [0.29, 0.717) is 11.6 Å². The molecule has 0 radical (unpaired) electrons. The van der Waals surface area contributed by atoms with Gasteiger partial charge in [-0.15, -0.1) is 0 Å². The third-order valence-electron chi connectivity index (χ3n) is 2.86. The molecule has 0 fully saturated rings. The molecule has 2 aromatic rings. The minimum Gasteiger partial charge on any atom is -0.336 e. The van der Waals surface area contributed by atoms with Crippen LogP contribution < -0.4 is 0 Å². The summed E-state index contributed by atoms with van der Waals surface area (Å²) < 4.78 is 3.26. The number of amides is 1. The molecule has 0 saturated carbocycles. The average Bonchev–Trinajstić information content (AvgIpc) is 2.80. The molecule has 0 unspecified atom stereocenters. The van der Waals surface area contributed by atoms with Crippen LogP contribution in [0.1, 0.15) is 21.7 Å². The fourth-order valence-corrected chi connectivity index (χ4v) is 2.18. The molecule has 0 saturated heterocycles. The summed E-state index contributed by atoms with van der Waals surface area (Å²) in [5.74, 6) is -0.200. The van der Waals surface area contributed by atoms with E-state index in [-0.39, 0.29) is 11.6 Å². The van der Waals surface area contributed by atoms with Crippen molar-refractivity contribution in [2.45, 2.75) is 13.5 Å². The number of hydrogen-bond acceptors (Lipinski definition) is 3. The standard InChI is InChI=1S/C12H16ClN5O/c1-8-9(6-17(3)14-8)5-16(2)12(19)11-10(13)7-18(4)15-11/h6-7H,5H2,1-4H3. The fraction of sp³-hybridized carbons (Fsp3) is 0.417. The Morgan fingerprint density at radius 2 is 1.95 bits per heavy atom. The van der Waals surface area contributed by atoms with Gasteiger partial charge in [0.15, 0.2) is 5.69 Å². The number of carbonyl (C=O) groups excluding carboxylic acids is 1. The number of rotatable bonds is 3. The molecule has 0 bridgehead atoms. The van der Waals surface area contributed by atoms with Crippen molar-refractivity contribution in [3.05, 3.63) is 34.4 Å².